The third-order valence-corrected chi connectivity index (χ3v) is 3.81. The van der Waals surface area contributed by atoms with E-state index in [1.807, 2.05) is 6.92 Å². The molecule has 1 fully saturated rings. The number of aliphatic imine (C=N–C) groups is 1. The van der Waals surface area contributed by atoms with Gasteiger partial charge in [-0.05, 0) is 31.9 Å². The Morgan fingerprint density at radius 2 is 2.27 bits per heavy atom. The van der Waals surface area contributed by atoms with Gasteiger partial charge in [0.1, 0.15) is 0 Å². The van der Waals surface area contributed by atoms with Crippen molar-refractivity contribution in [1.29, 1.82) is 0 Å². The first-order valence-electron chi connectivity index (χ1n) is 5.69. The molecular weight excluding hydrogens is 208 g/mol. The number of hydrogen-bond acceptors (Lipinski definition) is 3. The lowest BCUT2D eigenvalue weighted by molar-refractivity contribution is 0.616. The molecule has 0 aliphatic heterocycles. The Balaban J connectivity index is 2.31. The molecule has 0 radical (unpaired) electrons. The van der Waals surface area contributed by atoms with E-state index in [2.05, 4.69) is 34.4 Å². The maximum atomic E-state index is 5.38. The standard InChI is InChI=1S/C10H22N4S/c1-3-12-10(14-11)13-8-5-6-9(7-8)15-4-2/h8-9H,3-7,11H2,1-2H3,(H2,12,13,14). The number of hydrazine groups is 1. The Bertz CT molecular complexity index is 208. The Labute approximate surface area is 96.4 Å². The molecule has 0 amide bonds. The predicted molar refractivity (Wildman–Crippen MR) is 68.0 cm³/mol. The van der Waals surface area contributed by atoms with Crippen molar-refractivity contribution in [2.24, 2.45) is 10.8 Å². The summed E-state index contributed by atoms with van der Waals surface area (Å²) in [4.78, 5) is 4.24. The van der Waals surface area contributed by atoms with E-state index < -0.39 is 0 Å². The van der Waals surface area contributed by atoms with E-state index in [1.165, 1.54) is 25.0 Å². The third kappa shape index (κ3) is 4.30. The number of nitrogens with one attached hydrogen (secondary N) is 2. The van der Waals surface area contributed by atoms with Gasteiger partial charge < -0.3 is 5.32 Å². The van der Waals surface area contributed by atoms with Crippen LogP contribution in [0.25, 0.3) is 0 Å². The zero-order valence-electron chi connectivity index (χ0n) is 9.62. The topological polar surface area (TPSA) is 62.4 Å². The molecule has 0 saturated heterocycles. The summed E-state index contributed by atoms with van der Waals surface area (Å²) in [5, 5.41) is 4.17. The van der Waals surface area contributed by atoms with E-state index in [4.69, 9.17) is 5.84 Å². The van der Waals surface area contributed by atoms with Crippen molar-refractivity contribution in [3.8, 4) is 0 Å². The molecule has 0 aromatic heterocycles. The lowest BCUT2D eigenvalue weighted by Gasteiger charge is -2.15. The highest BCUT2D eigenvalue weighted by molar-refractivity contribution is 7.99. The van der Waals surface area contributed by atoms with Gasteiger partial charge in [0, 0.05) is 17.8 Å². The average Bonchev–Trinajstić information content (AvgIpc) is 2.66. The van der Waals surface area contributed by atoms with Crippen molar-refractivity contribution >= 4 is 17.7 Å². The maximum absolute atomic E-state index is 5.38. The minimum absolute atomic E-state index is 0.537. The molecule has 5 heteroatoms. The second-order valence-electron chi connectivity index (χ2n) is 3.70. The summed E-state index contributed by atoms with van der Waals surface area (Å²) in [5.74, 6) is 7.32. The van der Waals surface area contributed by atoms with Gasteiger partial charge in [0.15, 0.2) is 0 Å². The van der Waals surface area contributed by atoms with E-state index in [9.17, 15) is 0 Å². The van der Waals surface area contributed by atoms with Crippen LogP contribution in [-0.2, 0) is 0 Å². The number of hydrogen-bond donors (Lipinski definition) is 3. The zero-order valence-corrected chi connectivity index (χ0v) is 10.4. The van der Waals surface area contributed by atoms with E-state index in [0.717, 1.165) is 17.8 Å². The minimum Gasteiger partial charge on any atom is -0.353 e. The molecule has 1 saturated carbocycles. The summed E-state index contributed by atoms with van der Waals surface area (Å²) < 4.78 is 0. The lowest BCUT2D eigenvalue weighted by Crippen LogP contribution is -2.45. The highest BCUT2D eigenvalue weighted by Crippen LogP contribution is 2.29. The lowest BCUT2D eigenvalue weighted by atomic mass is 10.2. The van der Waals surface area contributed by atoms with E-state index in [0.29, 0.717) is 6.04 Å². The molecule has 2 atom stereocenters. The Morgan fingerprint density at radius 3 is 2.87 bits per heavy atom. The number of thioether (sulfide) groups is 1. The van der Waals surface area contributed by atoms with Gasteiger partial charge in [-0.15, -0.1) is 0 Å². The maximum Gasteiger partial charge on any atom is 0.205 e. The molecule has 4 N–H and O–H groups in total. The van der Waals surface area contributed by atoms with Gasteiger partial charge in [-0.1, -0.05) is 6.92 Å². The van der Waals surface area contributed by atoms with Crippen molar-refractivity contribution in [3.63, 3.8) is 0 Å². The SMILES string of the molecule is CCN=C(NN)NC1CCC(SCC)C1. The summed E-state index contributed by atoms with van der Waals surface area (Å²) in [5.41, 5.74) is 2.61. The van der Waals surface area contributed by atoms with Crippen LogP contribution in [-0.4, -0.2) is 29.5 Å². The number of nitrogens with zero attached hydrogens (tertiary/aromatic N) is 1. The minimum atomic E-state index is 0.537. The van der Waals surface area contributed by atoms with Crippen LogP contribution in [0, 0.1) is 0 Å². The second-order valence-corrected chi connectivity index (χ2v) is 5.28. The van der Waals surface area contributed by atoms with Gasteiger partial charge in [-0.3, -0.25) is 10.4 Å². The van der Waals surface area contributed by atoms with Gasteiger partial charge in [-0.25, -0.2) is 5.84 Å². The van der Waals surface area contributed by atoms with Crippen LogP contribution in [0.1, 0.15) is 33.1 Å². The van der Waals surface area contributed by atoms with Gasteiger partial charge in [0.25, 0.3) is 0 Å². The van der Waals surface area contributed by atoms with Crippen molar-refractivity contribution < 1.29 is 0 Å². The van der Waals surface area contributed by atoms with E-state index in [-0.39, 0.29) is 0 Å². The van der Waals surface area contributed by atoms with Crippen molar-refractivity contribution in [1.82, 2.24) is 10.7 Å². The molecule has 0 heterocycles. The summed E-state index contributed by atoms with van der Waals surface area (Å²) in [7, 11) is 0. The summed E-state index contributed by atoms with van der Waals surface area (Å²) in [6, 6.07) is 0.537. The quantitative estimate of drug-likeness (QED) is 0.293. The fourth-order valence-corrected chi connectivity index (χ4v) is 3.09. The number of rotatable bonds is 4. The Morgan fingerprint density at radius 1 is 1.47 bits per heavy atom. The van der Waals surface area contributed by atoms with Crippen LogP contribution in [0.15, 0.2) is 4.99 Å². The summed E-state index contributed by atoms with van der Waals surface area (Å²) >= 11 is 2.06. The average molecular weight is 230 g/mol. The molecule has 4 nitrogen and oxygen atoms in total. The molecule has 15 heavy (non-hydrogen) atoms. The molecule has 2 unspecified atom stereocenters. The largest absolute Gasteiger partial charge is 0.353 e. The van der Waals surface area contributed by atoms with Crippen LogP contribution >= 0.6 is 11.8 Å². The normalized spacial score (nSPS) is 26.7. The smallest absolute Gasteiger partial charge is 0.205 e. The zero-order chi connectivity index (χ0) is 11.1. The van der Waals surface area contributed by atoms with Gasteiger partial charge in [-0.2, -0.15) is 11.8 Å². The molecular formula is C10H22N4S. The molecule has 1 aliphatic carbocycles. The molecule has 0 spiro atoms. The highest BCUT2D eigenvalue weighted by atomic mass is 32.2. The fourth-order valence-electron chi connectivity index (χ4n) is 1.94. The van der Waals surface area contributed by atoms with Gasteiger partial charge in [0.2, 0.25) is 5.96 Å². The third-order valence-electron chi connectivity index (χ3n) is 2.58. The van der Waals surface area contributed by atoms with Crippen LogP contribution in [0.5, 0.6) is 0 Å². The molecule has 0 aromatic carbocycles. The summed E-state index contributed by atoms with van der Waals surface area (Å²) in [6.07, 6.45) is 3.76. The van der Waals surface area contributed by atoms with Crippen LogP contribution in [0.3, 0.4) is 0 Å². The molecule has 88 valence electrons. The van der Waals surface area contributed by atoms with Gasteiger partial charge in [0.05, 0.1) is 0 Å². The van der Waals surface area contributed by atoms with Crippen molar-refractivity contribution in [2.75, 3.05) is 12.3 Å². The van der Waals surface area contributed by atoms with E-state index >= 15 is 0 Å². The summed E-state index contributed by atoms with van der Waals surface area (Å²) in [6.45, 7) is 4.98. The first-order chi connectivity index (χ1) is 7.30. The first-order valence-corrected chi connectivity index (χ1v) is 6.74. The number of nitrogens with two attached hydrogens (primary N) is 1. The first kappa shape index (κ1) is 12.6. The van der Waals surface area contributed by atoms with Crippen LogP contribution in [0.2, 0.25) is 0 Å². The predicted octanol–water partition coefficient (Wildman–Crippen LogP) is 1.09. The highest BCUT2D eigenvalue weighted by Gasteiger charge is 2.24. The fraction of sp³-hybridized carbons (Fsp3) is 0.900. The molecule has 1 aliphatic rings. The van der Waals surface area contributed by atoms with Crippen molar-refractivity contribution in [3.05, 3.63) is 0 Å². The molecule has 0 bridgehead atoms. The monoisotopic (exact) mass is 230 g/mol. The second kappa shape index (κ2) is 6.95. The van der Waals surface area contributed by atoms with E-state index in [1.54, 1.807) is 0 Å². The van der Waals surface area contributed by atoms with Crippen LogP contribution < -0.4 is 16.6 Å². The van der Waals surface area contributed by atoms with Crippen molar-refractivity contribution in [2.45, 2.75) is 44.4 Å². The Kier molecular flexibility index (Phi) is 5.86. The molecule has 0 aromatic rings. The van der Waals surface area contributed by atoms with Crippen LogP contribution in [0.4, 0.5) is 0 Å². The number of guanidine groups is 1. The molecule has 1 rings (SSSR count). The van der Waals surface area contributed by atoms with Gasteiger partial charge >= 0.3 is 0 Å². The Hall–Kier alpha value is -0.420.